The molecule has 0 saturated carbocycles. The smallest absolute Gasteiger partial charge is 0.269 e. The number of hydrogen-bond donors (Lipinski definition) is 0. The number of aryl methyl sites for hydroxylation is 3. The molecule has 0 bridgehead atoms. The van der Waals surface area contributed by atoms with Gasteiger partial charge in [-0.25, -0.2) is 0 Å². The van der Waals surface area contributed by atoms with Crippen LogP contribution in [-0.4, -0.2) is 14.1 Å². The minimum absolute atomic E-state index is 0.970. The average molecular weight is 763 g/mol. The molecule has 0 aliphatic carbocycles. The summed E-state index contributed by atoms with van der Waals surface area (Å²) >= 11 is 1.87. The van der Waals surface area contributed by atoms with E-state index in [9.17, 15) is 0 Å². The van der Waals surface area contributed by atoms with Crippen LogP contribution < -0.4 is 4.57 Å². The van der Waals surface area contributed by atoms with Crippen molar-refractivity contribution < 1.29 is 4.57 Å². The lowest BCUT2D eigenvalue weighted by atomic mass is 10.00. The number of rotatable bonds is 6. The lowest BCUT2D eigenvalue weighted by molar-refractivity contribution is -0.588. The number of nitrogens with zero attached hydrogens (tertiary/aromatic N) is 4. The molecule has 0 spiro atoms. The van der Waals surface area contributed by atoms with Gasteiger partial charge in [0.05, 0.1) is 39.5 Å². The summed E-state index contributed by atoms with van der Waals surface area (Å²) in [5.74, 6) is 0. The zero-order chi connectivity index (χ0) is 38.9. The van der Waals surface area contributed by atoms with Crippen molar-refractivity contribution in [3.63, 3.8) is 0 Å². The zero-order valence-corrected chi connectivity index (χ0v) is 33.3. The Kier molecular flexibility index (Phi) is 7.98. The Balaban J connectivity index is 1.22. The van der Waals surface area contributed by atoms with E-state index in [0.29, 0.717) is 0 Å². The third kappa shape index (κ3) is 5.35. The molecule has 0 N–H and O–H groups in total. The SMILES string of the molecule is Cc1cc(C)c(-[n+]2[c-]n(-c3cccc(-n4c5ccccc5c5c6sc7ccccc7c6c(-c6ccccn6)cc54)c3)c(-c3ccccc3)c2-c2ccccc2)c(C)c1. The minimum Gasteiger partial charge on any atom is -0.310 e. The molecule has 0 aliphatic rings. The maximum atomic E-state index is 4.90. The lowest BCUT2D eigenvalue weighted by Gasteiger charge is -2.16. The van der Waals surface area contributed by atoms with Crippen molar-refractivity contribution in [3.8, 4) is 50.8 Å². The summed E-state index contributed by atoms with van der Waals surface area (Å²) in [5, 5.41) is 5.03. The van der Waals surface area contributed by atoms with E-state index in [1.165, 1.54) is 47.6 Å². The Morgan fingerprint density at radius 3 is 2.00 bits per heavy atom. The average Bonchev–Trinajstić information content (AvgIpc) is 3.94. The van der Waals surface area contributed by atoms with Crippen LogP contribution in [0.1, 0.15) is 16.7 Å². The van der Waals surface area contributed by atoms with Crippen LogP contribution in [0.3, 0.4) is 0 Å². The van der Waals surface area contributed by atoms with Gasteiger partial charge >= 0.3 is 0 Å². The van der Waals surface area contributed by atoms with Crippen LogP contribution in [0.4, 0.5) is 0 Å². The molecule has 0 unspecified atom stereocenters. The summed E-state index contributed by atoms with van der Waals surface area (Å²) < 4.78 is 9.55. The topological polar surface area (TPSA) is 26.6 Å². The van der Waals surface area contributed by atoms with E-state index in [4.69, 9.17) is 4.98 Å². The second-order valence-corrected chi connectivity index (χ2v) is 16.2. The van der Waals surface area contributed by atoms with Gasteiger partial charge in [-0.2, -0.15) is 0 Å². The highest BCUT2D eigenvalue weighted by atomic mass is 32.1. The van der Waals surface area contributed by atoms with Gasteiger partial charge in [0.1, 0.15) is 0 Å². The van der Waals surface area contributed by atoms with Crippen LogP contribution in [-0.2, 0) is 0 Å². The molecule has 4 nitrogen and oxygen atoms in total. The molecule has 0 radical (unpaired) electrons. The molecule has 0 amide bonds. The van der Waals surface area contributed by atoms with E-state index in [1.54, 1.807) is 0 Å². The molecule has 0 atom stereocenters. The first kappa shape index (κ1) is 34.2. The highest BCUT2D eigenvalue weighted by molar-refractivity contribution is 7.27. The highest BCUT2D eigenvalue weighted by Gasteiger charge is 2.25. The van der Waals surface area contributed by atoms with Crippen LogP contribution in [0, 0.1) is 27.1 Å². The van der Waals surface area contributed by atoms with Crippen molar-refractivity contribution in [2.75, 3.05) is 0 Å². The summed E-state index contributed by atoms with van der Waals surface area (Å²) in [6, 6.07) is 61.1. The van der Waals surface area contributed by atoms with Gasteiger partial charge in [0.15, 0.2) is 0 Å². The van der Waals surface area contributed by atoms with Gasteiger partial charge in [-0.3, -0.25) is 14.1 Å². The van der Waals surface area contributed by atoms with E-state index in [2.05, 4.69) is 205 Å². The molecule has 5 heteroatoms. The second kappa shape index (κ2) is 13.5. The molecule has 11 aromatic rings. The second-order valence-electron chi connectivity index (χ2n) is 15.2. The summed E-state index contributed by atoms with van der Waals surface area (Å²) in [6.45, 7) is 6.59. The van der Waals surface area contributed by atoms with E-state index < -0.39 is 0 Å². The van der Waals surface area contributed by atoms with E-state index in [-0.39, 0.29) is 0 Å². The number of pyridine rings is 1. The summed E-state index contributed by atoms with van der Waals surface area (Å²) in [6.07, 6.45) is 5.81. The van der Waals surface area contributed by atoms with E-state index >= 15 is 0 Å². The van der Waals surface area contributed by atoms with Crippen LogP contribution >= 0.6 is 11.3 Å². The van der Waals surface area contributed by atoms with Crippen molar-refractivity contribution in [2.45, 2.75) is 20.8 Å². The normalized spacial score (nSPS) is 11.7. The molecule has 11 rings (SSSR count). The van der Waals surface area contributed by atoms with Crippen LogP contribution in [0.2, 0.25) is 0 Å². The molecule has 7 aromatic carbocycles. The number of para-hydroxylation sites is 1. The van der Waals surface area contributed by atoms with E-state index in [0.717, 1.165) is 61.9 Å². The first-order valence-electron chi connectivity index (χ1n) is 19.7. The van der Waals surface area contributed by atoms with Gasteiger partial charge in [-0.15, -0.1) is 11.3 Å². The maximum Gasteiger partial charge on any atom is 0.269 e. The number of imidazole rings is 1. The van der Waals surface area contributed by atoms with Gasteiger partial charge in [0.25, 0.3) is 6.33 Å². The first-order chi connectivity index (χ1) is 28.5. The molecule has 0 saturated heterocycles. The van der Waals surface area contributed by atoms with Crippen molar-refractivity contribution in [2.24, 2.45) is 0 Å². The van der Waals surface area contributed by atoms with Gasteiger partial charge in [-0.1, -0.05) is 127 Å². The van der Waals surface area contributed by atoms with Gasteiger partial charge in [-0.05, 0) is 91.6 Å². The third-order valence-electron chi connectivity index (χ3n) is 11.4. The summed E-state index contributed by atoms with van der Waals surface area (Å²) in [7, 11) is 0. The molecule has 0 fully saturated rings. The first-order valence-corrected chi connectivity index (χ1v) is 20.5. The van der Waals surface area contributed by atoms with Gasteiger partial charge in [0.2, 0.25) is 0 Å². The molecular weight excluding hydrogens is 725 g/mol. The van der Waals surface area contributed by atoms with Crippen molar-refractivity contribution in [1.82, 2.24) is 14.1 Å². The Hall–Kier alpha value is -7.08. The zero-order valence-electron chi connectivity index (χ0n) is 32.4. The summed E-state index contributed by atoms with van der Waals surface area (Å²) in [5.41, 5.74) is 15.8. The number of hydrogen-bond acceptors (Lipinski definition) is 2. The Labute approximate surface area is 341 Å². The highest BCUT2D eigenvalue weighted by Crippen LogP contribution is 2.47. The quantitative estimate of drug-likeness (QED) is 0.122. The molecule has 58 heavy (non-hydrogen) atoms. The predicted octanol–water partition coefficient (Wildman–Crippen LogP) is 13.3. The fraction of sp³-hybridized carbons (Fsp3) is 0.0566. The van der Waals surface area contributed by atoms with Crippen molar-refractivity contribution in [1.29, 1.82) is 0 Å². The van der Waals surface area contributed by atoms with Gasteiger partial charge in [0, 0.05) is 48.4 Å². The fourth-order valence-electron chi connectivity index (χ4n) is 9.12. The molecule has 0 aliphatic heterocycles. The largest absolute Gasteiger partial charge is 0.310 e. The Morgan fingerprint density at radius 1 is 0.569 bits per heavy atom. The molecule has 4 heterocycles. The van der Waals surface area contributed by atoms with E-state index in [1.807, 2.05) is 23.6 Å². The standard InChI is InChI=1S/C53H38N4S/c1-34-29-35(2)50(36(3)30-34)56-33-55(51(37-17-6-4-7-18-37)52(56)38-19-8-5-9-20-38)39-21-16-22-40(31-39)57-45-26-12-10-23-41(45)49-46(57)32-43(44-25-14-15-28-54-44)48-42-24-11-13-27-47(42)58-53(48)49/h4-32H,1-3H3. The Morgan fingerprint density at radius 2 is 1.24 bits per heavy atom. The van der Waals surface area contributed by atoms with Crippen LogP contribution in [0.25, 0.3) is 92.8 Å². The fourth-order valence-corrected chi connectivity index (χ4v) is 10.4. The number of benzene rings is 7. The van der Waals surface area contributed by atoms with Crippen LogP contribution in [0.5, 0.6) is 0 Å². The summed E-state index contributed by atoms with van der Waals surface area (Å²) in [4.78, 5) is 4.90. The minimum atomic E-state index is 0.970. The lowest BCUT2D eigenvalue weighted by Crippen LogP contribution is -2.34. The van der Waals surface area contributed by atoms with Crippen molar-refractivity contribution in [3.05, 3.63) is 199 Å². The monoisotopic (exact) mass is 762 g/mol. The van der Waals surface area contributed by atoms with Gasteiger partial charge < -0.3 is 4.57 Å². The number of aromatic nitrogens is 4. The van der Waals surface area contributed by atoms with Crippen molar-refractivity contribution >= 4 is 53.3 Å². The Bertz CT molecular complexity index is 3330. The number of thiophene rings is 1. The van der Waals surface area contributed by atoms with Crippen LogP contribution in [0.15, 0.2) is 176 Å². The predicted molar refractivity (Wildman–Crippen MR) is 242 cm³/mol. The maximum absolute atomic E-state index is 4.90. The molecular formula is C53H38N4S. The molecule has 276 valence electrons. The third-order valence-corrected chi connectivity index (χ3v) is 12.6. The molecule has 4 aromatic heterocycles. The number of fused-ring (bicyclic) bond motifs is 7.